The average Bonchev–Trinajstić information content (AvgIpc) is 2.67. The molecule has 0 spiro atoms. The van der Waals surface area contributed by atoms with Gasteiger partial charge >= 0.3 is 0 Å². The fraction of sp³-hybridized carbons (Fsp3) is 0.111. The first-order valence-corrected chi connectivity index (χ1v) is 5.29. The third-order valence-electron chi connectivity index (χ3n) is 1.89. The van der Waals surface area contributed by atoms with Crippen molar-refractivity contribution in [2.45, 2.75) is 11.4 Å². The molecule has 0 saturated heterocycles. The fourth-order valence-electron chi connectivity index (χ4n) is 1.22. The third-order valence-corrected chi connectivity index (χ3v) is 2.52. The first kappa shape index (κ1) is 10.0. The first-order valence-electron chi connectivity index (χ1n) is 4.22. The molecule has 5 nitrogen and oxygen atoms in total. The molecule has 0 fully saturated rings. The number of aromatic nitrogens is 2. The standard InChI is InChI=1S/C9H8N2O3S/c12-15(13)9-8(10-14-11-9)6-7-4-2-1-3-5-7/h1-5H,6H2,(H,12,13)/p-1. The third kappa shape index (κ3) is 2.28. The van der Waals surface area contributed by atoms with Gasteiger partial charge in [0.15, 0.2) is 5.03 Å². The van der Waals surface area contributed by atoms with Gasteiger partial charge in [-0.25, -0.2) is 4.63 Å². The van der Waals surface area contributed by atoms with E-state index in [2.05, 4.69) is 14.9 Å². The van der Waals surface area contributed by atoms with Gasteiger partial charge in [-0.2, -0.15) is 0 Å². The van der Waals surface area contributed by atoms with Crippen LogP contribution in [0.1, 0.15) is 11.3 Å². The molecule has 0 bridgehead atoms. The van der Waals surface area contributed by atoms with Crippen molar-refractivity contribution in [3.63, 3.8) is 0 Å². The Morgan fingerprint density at radius 3 is 2.67 bits per heavy atom. The highest BCUT2D eigenvalue weighted by Gasteiger charge is 2.10. The van der Waals surface area contributed by atoms with Crippen LogP contribution in [0.5, 0.6) is 0 Å². The van der Waals surface area contributed by atoms with Crippen molar-refractivity contribution in [2.75, 3.05) is 0 Å². The lowest BCUT2D eigenvalue weighted by molar-refractivity contribution is 0.295. The Morgan fingerprint density at radius 1 is 1.27 bits per heavy atom. The summed E-state index contributed by atoms with van der Waals surface area (Å²) in [5.74, 6) is 0. The maximum Gasteiger partial charge on any atom is 0.181 e. The van der Waals surface area contributed by atoms with Crippen LogP contribution in [0.4, 0.5) is 0 Å². The Kier molecular flexibility index (Phi) is 2.89. The van der Waals surface area contributed by atoms with Crippen LogP contribution in [0.3, 0.4) is 0 Å². The Bertz CT molecular complexity index is 469. The van der Waals surface area contributed by atoms with Gasteiger partial charge in [-0.1, -0.05) is 35.5 Å². The quantitative estimate of drug-likeness (QED) is 0.722. The zero-order valence-corrected chi connectivity index (χ0v) is 8.44. The number of benzene rings is 1. The van der Waals surface area contributed by atoms with Crippen LogP contribution in [0.2, 0.25) is 0 Å². The van der Waals surface area contributed by atoms with Crippen molar-refractivity contribution in [2.24, 2.45) is 0 Å². The lowest BCUT2D eigenvalue weighted by atomic mass is 10.1. The van der Waals surface area contributed by atoms with Gasteiger partial charge in [-0.05, 0) is 10.7 Å². The summed E-state index contributed by atoms with van der Waals surface area (Å²) < 4.78 is 25.8. The van der Waals surface area contributed by atoms with Crippen molar-refractivity contribution in [1.29, 1.82) is 0 Å². The molecule has 1 atom stereocenters. The fourth-order valence-corrected chi connectivity index (χ4v) is 1.62. The van der Waals surface area contributed by atoms with E-state index in [-0.39, 0.29) is 5.03 Å². The van der Waals surface area contributed by atoms with Gasteiger partial charge in [0.1, 0.15) is 5.69 Å². The number of hydrogen-bond donors (Lipinski definition) is 0. The van der Waals surface area contributed by atoms with Crippen LogP contribution in [-0.2, 0) is 17.5 Å². The molecule has 1 aromatic carbocycles. The predicted octanol–water partition coefficient (Wildman–Crippen LogP) is 0.898. The molecule has 1 heterocycles. The molecule has 0 aliphatic heterocycles. The lowest BCUT2D eigenvalue weighted by Crippen LogP contribution is -1.97. The van der Waals surface area contributed by atoms with E-state index in [4.69, 9.17) is 0 Å². The first-order chi connectivity index (χ1) is 7.27. The molecule has 0 aliphatic carbocycles. The Labute approximate surface area is 88.4 Å². The molecule has 0 amide bonds. The number of nitrogens with zero attached hydrogens (tertiary/aromatic N) is 2. The highest BCUT2D eigenvalue weighted by Crippen LogP contribution is 2.12. The molecule has 78 valence electrons. The second-order valence-corrected chi connectivity index (χ2v) is 3.77. The van der Waals surface area contributed by atoms with E-state index in [1.54, 1.807) is 0 Å². The van der Waals surface area contributed by atoms with Crippen LogP contribution in [0.25, 0.3) is 0 Å². The molecule has 0 radical (unpaired) electrons. The van der Waals surface area contributed by atoms with E-state index >= 15 is 0 Å². The molecule has 0 saturated carbocycles. The van der Waals surface area contributed by atoms with Gasteiger partial charge in [0, 0.05) is 17.5 Å². The molecular weight excluding hydrogens is 216 g/mol. The van der Waals surface area contributed by atoms with E-state index in [0.717, 1.165) is 5.56 Å². The van der Waals surface area contributed by atoms with Crippen molar-refractivity contribution in [1.82, 2.24) is 10.3 Å². The minimum atomic E-state index is -2.40. The summed E-state index contributed by atoms with van der Waals surface area (Å²) in [7, 11) is 0. The van der Waals surface area contributed by atoms with Crippen LogP contribution >= 0.6 is 0 Å². The molecule has 15 heavy (non-hydrogen) atoms. The topological polar surface area (TPSA) is 79.0 Å². The summed E-state index contributed by atoms with van der Waals surface area (Å²) in [6.45, 7) is 0. The minimum absolute atomic E-state index is 0.126. The molecule has 1 aromatic heterocycles. The SMILES string of the molecule is O=S([O-])c1nonc1Cc1ccccc1. The van der Waals surface area contributed by atoms with Crippen molar-refractivity contribution in [3.8, 4) is 0 Å². The summed E-state index contributed by atoms with van der Waals surface area (Å²) in [6, 6.07) is 9.39. The lowest BCUT2D eigenvalue weighted by Gasteiger charge is -2.01. The summed E-state index contributed by atoms with van der Waals surface area (Å²) in [5.41, 5.74) is 1.29. The maximum atomic E-state index is 10.7. The molecule has 2 aromatic rings. The largest absolute Gasteiger partial charge is 0.767 e. The maximum absolute atomic E-state index is 10.7. The predicted molar refractivity (Wildman–Crippen MR) is 50.7 cm³/mol. The van der Waals surface area contributed by atoms with Crippen LogP contribution in [0, 0.1) is 0 Å². The van der Waals surface area contributed by atoms with E-state index in [1.807, 2.05) is 30.3 Å². The Morgan fingerprint density at radius 2 is 2.00 bits per heavy atom. The summed E-state index contributed by atoms with van der Waals surface area (Å²) >= 11 is -2.40. The highest BCUT2D eigenvalue weighted by atomic mass is 32.2. The average molecular weight is 223 g/mol. The van der Waals surface area contributed by atoms with Crippen molar-refractivity contribution < 1.29 is 13.4 Å². The van der Waals surface area contributed by atoms with E-state index < -0.39 is 11.1 Å². The summed E-state index contributed by atoms with van der Waals surface area (Å²) in [5, 5.41) is 6.74. The normalized spacial score (nSPS) is 12.6. The van der Waals surface area contributed by atoms with E-state index in [0.29, 0.717) is 12.1 Å². The zero-order valence-electron chi connectivity index (χ0n) is 7.62. The summed E-state index contributed by atoms with van der Waals surface area (Å²) in [4.78, 5) is 0. The van der Waals surface area contributed by atoms with Crippen LogP contribution in [0.15, 0.2) is 40.0 Å². The minimum Gasteiger partial charge on any atom is -0.767 e. The van der Waals surface area contributed by atoms with Crippen LogP contribution in [-0.4, -0.2) is 19.1 Å². The van der Waals surface area contributed by atoms with Gasteiger partial charge < -0.3 is 4.55 Å². The molecular formula is C9H7N2O3S-. The second kappa shape index (κ2) is 4.33. The molecule has 0 aliphatic rings. The zero-order chi connectivity index (χ0) is 10.7. The second-order valence-electron chi connectivity index (χ2n) is 2.91. The van der Waals surface area contributed by atoms with Crippen molar-refractivity contribution in [3.05, 3.63) is 41.6 Å². The Hall–Kier alpha value is -1.53. The van der Waals surface area contributed by atoms with Crippen LogP contribution < -0.4 is 0 Å². The van der Waals surface area contributed by atoms with E-state index in [9.17, 15) is 8.76 Å². The van der Waals surface area contributed by atoms with Gasteiger partial charge in [0.2, 0.25) is 0 Å². The summed E-state index contributed by atoms with van der Waals surface area (Å²) in [6.07, 6.45) is 0.396. The number of hydrogen-bond acceptors (Lipinski definition) is 5. The van der Waals surface area contributed by atoms with Gasteiger partial charge in [0.05, 0.1) is 0 Å². The van der Waals surface area contributed by atoms with Crippen molar-refractivity contribution >= 4 is 11.1 Å². The highest BCUT2D eigenvalue weighted by molar-refractivity contribution is 7.79. The van der Waals surface area contributed by atoms with E-state index in [1.165, 1.54) is 0 Å². The molecule has 2 rings (SSSR count). The number of rotatable bonds is 3. The Balaban J connectivity index is 2.25. The van der Waals surface area contributed by atoms with Gasteiger partial charge in [0.25, 0.3) is 0 Å². The molecule has 1 unspecified atom stereocenters. The molecule has 0 N–H and O–H groups in total. The van der Waals surface area contributed by atoms with Gasteiger partial charge in [-0.15, -0.1) is 0 Å². The smallest absolute Gasteiger partial charge is 0.181 e. The molecule has 6 heteroatoms. The van der Waals surface area contributed by atoms with Gasteiger partial charge in [-0.3, -0.25) is 4.21 Å². The monoisotopic (exact) mass is 223 g/mol.